The molecular weight excluding hydrogens is 295 g/mol. The molecule has 23 heavy (non-hydrogen) atoms. The Kier molecular flexibility index (Phi) is 3.59. The van der Waals surface area contributed by atoms with Crippen molar-refractivity contribution in [3.63, 3.8) is 0 Å². The lowest BCUT2D eigenvalue weighted by Crippen LogP contribution is -2.44. The Balaban J connectivity index is 1.39. The van der Waals surface area contributed by atoms with E-state index in [0.717, 1.165) is 18.7 Å². The minimum atomic E-state index is -0.160. The molecule has 0 amide bonds. The number of pyridine rings is 1. The molecule has 116 valence electrons. The van der Waals surface area contributed by atoms with E-state index >= 15 is 0 Å². The van der Waals surface area contributed by atoms with Crippen molar-refractivity contribution in [1.29, 1.82) is 0 Å². The molecule has 1 fully saturated rings. The van der Waals surface area contributed by atoms with Crippen LogP contribution < -0.4 is 0 Å². The fourth-order valence-electron chi connectivity index (χ4n) is 2.74. The smallest absolute Gasteiger partial charge is 0.232 e. The maximum absolute atomic E-state index is 13.6. The molecule has 1 aliphatic heterocycles. The zero-order chi connectivity index (χ0) is 15.6. The van der Waals surface area contributed by atoms with E-state index in [1.54, 1.807) is 18.5 Å². The molecule has 0 atom stereocenters. The van der Waals surface area contributed by atoms with Crippen molar-refractivity contribution in [3.8, 4) is 11.4 Å². The predicted octanol–water partition coefficient (Wildman–Crippen LogP) is 2.87. The Labute approximate surface area is 132 Å². The highest BCUT2D eigenvalue weighted by molar-refractivity contribution is 5.51. The lowest BCUT2D eigenvalue weighted by molar-refractivity contribution is 0.116. The zero-order valence-electron chi connectivity index (χ0n) is 12.4. The van der Waals surface area contributed by atoms with Crippen LogP contribution in [0.3, 0.4) is 0 Å². The fourth-order valence-corrected chi connectivity index (χ4v) is 2.74. The summed E-state index contributed by atoms with van der Waals surface area (Å²) in [5.41, 5.74) is 1.55. The molecule has 0 aliphatic carbocycles. The summed E-state index contributed by atoms with van der Waals surface area (Å²) in [6, 6.07) is 10.6. The molecule has 3 heterocycles. The van der Waals surface area contributed by atoms with E-state index in [1.165, 1.54) is 6.07 Å². The summed E-state index contributed by atoms with van der Waals surface area (Å²) in [6.45, 7) is 2.19. The van der Waals surface area contributed by atoms with Gasteiger partial charge in [0.25, 0.3) is 0 Å². The third-order valence-electron chi connectivity index (χ3n) is 4.02. The van der Waals surface area contributed by atoms with E-state index < -0.39 is 0 Å². The lowest BCUT2D eigenvalue weighted by atomic mass is 9.99. The third kappa shape index (κ3) is 2.85. The van der Waals surface area contributed by atoms with Gasteiger partial charge in [-0.3, -0.25) is 9.88 Å². The van der Waals surface area contributed by atoms with Gasteiger partial charge in [-0.05, 0) is 18.2 Å². The first-order valence-electron chi connectivity index (χ1n) is 7.49. The summed E-state index contributed by atoms with van der Waals surface area (Å²) in [4.78, 5) is 10.7. The molecule has 5 nitrogen and oxygen atoms in total. The lowest BCUT2D eigenvalue weighted by Gasteiger charge is -2.37. The SMILES string of the molecule is Fc1ccccc1CN1CC(c2nc(-c3cccnc3)no2)C1. The van der Waals surface area contributed by atoms with Gasteiger partial charge in [0.15, 0.2) is 0 Å². The van der Waals surface area contributed by atoms with E-state index in [1.807, 2.05) is 24.3 Å². The molecule has 0 N–H and O–H groups in total. The fraction of sp³-hybridized carbons (Fsp3) is 0.235. The quantitative estimate of drug-likeness (QED) is 0.741. The number of hydrogen-bond donors (Lipinski definition) is 0. The number of hydrogen-bond acceptors (Lipinski definition) is 5. The summed E-state index contributed by atoms with van der Waals surface area (Å²) in [5, 5.41) is 4.01. The minimum Gasteiger partial charge on any atom is -0.339 e. The van der Waals surface area contributed by atoms with Gasteiger partial charge >= 0.3 is 0 Å². The molecule has 0 spiro atoms. The molecule has 1 aromatic carbocycles. The normalized spacial score (nSPS) is 15.5. The molecule has 1 aliphatic rings. The van der Waals surface area contributed by atoms with Crippen LogP contribution in [0.4, 0.5) is 4.39 Å². The van der Waals surface area contributed by atoms with E-state index in [2.05, 4.69) is 20.0 Å². The van der Waals surface area contributed by atoms with Gasteiger partial charge in [0.2, 0.25) is 11.7 Å². The van der Waals surface area contributed by atoms with Crippen LogP contribution >= 0.6 is 0 Å². The van der Waals surface area contributed by atoms with Crippen LogP contribution in [0.2, 0.25) is 0 Å². The van der Waals surface area contributed by atoms with Crippen LogP contribution in [0.5, 0.6) is 0 Å². The maximum atomic E-state index is 13.6. The van der Waals surface area contributed by atoms with E-state index in [0.29, 0.717) is 23.8 Å². The molecule has 4 rings (SSSR count). The van der Waals surface area contributed by atoms with E-state index in [4.69, 9.17) is 4.52 Å². The van der Waals surface area contributed by atoms with Crippen molar-refractivity contribution in [3.05, 3.63) is 66.1 Å². The van der Waals surface area contributed by atoms with Gasteiger partial charge in [-0.25, -0.2) is 4.39 Å². The molecule has 0 bridgehead atoms. The second kappa shape index (κ2) is 5.89. The standard InChI is InChI=1S/C17H15FN4O/c18-15-6-2-1-4-13(15)9-22-10-14(11-22)17-20-16(21-23-17)12-5-3-7-19-8-12/h1-8,14H,9-11H2. The third-order valence-corrected chi connectivity index (χ3v) is 4.02. The molecule has 0 unspecified atom stereocenters. The molecule has 1 saturated heterocycles. The molecule has 3 aromatic rings. The van der Waals surface area contributed by atoms with Gasteiger partial charge in [0.05, 0.1) is 5.92 Å². The highest BCUT2D eigenvalue weighted by atomic mass is 19.1. The average Bonchev–Trinajstić information content (AvgIpc) is 3.02. The number of likely N-dealkylation sites (tertiary alicyclic amines) is 1. The van der Waals surface area contributed by atoms with Crippen molar-refractivity contribution in [2.24, 2.45) is 0 Å². The Morgan fingerprint density at radius 1 is 1.17 bits per heavy atom. The van der Waals surface area contributed by atoms with Crippen molar-refractivity contribution >= 4 is 0 Å². The van der Waals surface area contributed by atoms with Crippen LogP contribution in [0.1, 0.15) is 17.4 Å². The Morgan fingerprint density at radius 2 is 2.04 bits per heavy atom. The summed E-state index contributed by atoms with van der Waals surface area (Å²) >= 11 is 0. The highest BCUT2D eigenvalue weighted by Crippen LogP contribution is 2.28. The summed E-state index contributed by atoms with van der Waals surface area (Å²) in [5.74, 6) is 1.24. The van der Waals surface area contributed by atoms with E-state index in [9.17, 15) is 4.39 Å². The van der Waals surface area contributed by atoms with Crippen molar-refractivity contribution in [1.82, 2.24) is 20.0 Å². The number of halogens is 1. The highest BCUT2D eigenvalue weighted by Gasteiger charge is 2.32. The number of benzene rings is 1. The van der Waals surface area contributed by atoms with Gasteiger partial charge in [0.1, 0.15) is 5.82 Å². The monoisotopic (exact) mass is 310 g/mol. The number of aromatic nitrogens is 3. The minimum absolute atomic E-state index is 0.160. The first-order chi connectivity index (χ1) is 11.3. The van der Waals surface area contributed by atoms with Gasteiger partial charge in [0, 0.05) is 43.2 Å². The van der Waals surface area contributed by atoms with Crippen molar-refractivity contribution in [2.45, 2.75) is 12.5 Å². The van der Waals surface area contributed by atoms with Crippen molar-refractivity contribution in [2.75, 3.05) is 13.1 Å². The molecular formula is C17H15FN4O. The summed E-state index contributed by atoms with van der Waals surface area (Å²) in [7, 11) is 0. The second-order valence-corrected chi connectivity index (χ2v) is 5.68. The van der Waals surface area contributed by atoms with Crippen LogP contribution in [-0.2, 0) is 6.54 Å². The topological polar surface area (TPSA) is 55.1 Å². The second-order valence-electron chi connectivity index (χ2n) is 5.68. The first kappa shape index (κ1) is 14.0. The Hall–Kier alpha value is -2.60. The van der Waals surface area contributed by atoms with E-state index in [-0.39, 0.29) is 11.7 Å². The van der Waals surface area contributed by atoms with Crippen LogP contribution in [0, 0.1) is 5.82 Å². The van der Waals surface area contributed by atoms with Crippen molar-refractivity contribution < 1.29 is 8.91 Å². The predicted molar refractivity (Wildman–Crippen MR) is 81.9 cm³/mol. The number of nitrogens with zero attached hydrogens (tertiary/aromatic N) is 4. The van der Waals surface area contributed by atoms with Crippen LogP contribution in [0.25, 0.3) is 11.4 Å². The summed E-state index contributed by atoms with van der Waals surface area (Å²) < 4.78 is 19.0. The first-order valence-corrected chi connectivity index (χ1v) is 7.49. The molecule has 2 aromatic heterocycles. The summed E-state index contributed by atoms with van der Waals surface area (Å²) in [6.07, 6.45) is 3.41. The van der Waals surface area contributed by atoms with Gasteiger partial charge in [-0.15, -0.1) is 0 Å². The van der Waals surface area contributed by atoms with Gasteiger partial charge < -0.3 is 4.52 Å². The largest absolute Gasteiger partial charge is 0.339 e. The molecule has 0 radical (unpaired) electrons. The Morgan fingerprint density at radius 3 is 2.83 bits per heavy atom. The molecule has 6 heteroatoms. The maximum Gasteiger partial charge on any atom is 0.232 e. The number of rotatable bonds is 4. The zero-order valence-corrected chi connectivity index (χ0v) is 12.4. The van der Waals surface area contributed by atoms with Crippen LogP contribution in [0.15, 0.2) is 53.3 Å². The Bertz CT molecular complexity index is 799. The van der Waals surface area contributed by atoms with Gasteiger partial charge in [-0.2, -0.15) is 4.98 Å². The van der Waals surface area contributed by atoms with Crippen LogP contribution in [-0.4, -0.2) is 33.1 Å². The average molecular weight is 310 g/mol. The van der Waals surface area contributed by atoms with Gasteiger partial charge in [-0.1, -0.05) is 23.4 Å². The molecule has 0 saturated carbocycles.